The van der Waals surface area contributed by atoms with Crippen molar-refractivity contribution in [3.05, 3.63) is 0 Å². The van der Waals surface area contributed by atoms with Gasteiger partial charge >= 0.3 is 81.5 Å². The fourth-order valence-corrected chi connectivity index (χ4v) is 1.22. The molecule has 1 unspecified atom stereocenters. The second kappa shape index (κ2) is 8.61. The maximum atomic E-state index is 12.5. The van der Waals surface area contributed by atoms with Gasteiger partial charge in [-0.3, -0.25) is 4.21 Å². The van der Waals surface area contributed by atoms with Crippen LogP contribution >= 0.6 is 12.0 Å². The topological polar surface area (TPSA) is 72.4 Å². The smallest absolute Gasteiger partial charge is 0.768 e. The van der Waals surface area contributed by atoms with E-state index in [1.54, 1.807) is 0 Å². The maximum absolute atomic E-state index is 12.5. The summed E-state index contributed by atoms with van der Waals surface area (Å²) in [5.41, 5.74) is 0. The second-order valence-corrected chi connectivity index (χ2v) is 4.37. The first-order valence-electron chi connectivity index (χ1n) is 3.34. The molecule has 16 heteroatoms. The molecule has 0 aliphatic rings. The molecule has 0 heterocycles. The average Bonchev–Trinajstić information content (AvgIpc) is 2.16. The van der Waals surface area contributed by atoms with Crippen molar-refractivity contribution in [3.8, 4) is 0 Å². The van der Waals surface area contributed by atoms with E-state index in [4.69, 9.17) is 0 Å². The molecule has 0 N–H and O–H groups in total. The molecule has 0 aliphatic carbocycles. The molecule has 0 aromatic heterocycles. The first kappa shape index (κ1) is 26.7. The normalized spacial score (nSPS) is 15.1. The van der Waals surface area contributed by atoms with Crippen LogP contribution < -0.4 is 64.4 Å². The molecule has 0 aromatic carbocycles. The van der Waals surface area contributed by atoms with Gasteiger partial charge in [-0.2, -0.15) is 35.1 Å². The Bertz CT molecular complexity index is 342. The van der Waals surface area contributed by atoms with E-state index >= 15 is 0 Å². The minimum Gasteiger partial charge on any atom is -0.768 e. The van der Waals surface area contributed by atoms with Crippen LogP contribution in [-0.2, 0) is 15.4 Å². The van der Waals surface area contributed by atoms with Gasteiger partial charge in [-0.05, 0) is 0 Å². The van der Waals surface area contributed by atoms with Crippen LogP contribution in [-0.4, -0.2) is 31.1 Å². The molecule has 20 heavy (non-hydrogen) atoms. The third-order valence-corrected chi connectivity index (χ3v) is 2.68. The molecule has 0 saturated heterocycles. The van der Waals surface area contributed by atoms with Crippen LogP contribution in [0.25, 0.3) is 0 Å². The van der Waals surface area contributed by atoms with Crippen molar-refractivity contribution in [2.45, 2.75) is 22.4 Å². The Morgan fingerprint density at radius 1 is 0.900 bits per heavy atom. The van der Waals surface area contributed by atoms with Crippen molar-refractivity contribution >= 4 is 23.1 Å². The van der Waals surface area contributed by atoms with Gasteiger partial charge in [0.25, 0.3) is 0 Å². The van der Waals surface area contributed by atoms with Gasteiger partial charge in [0.2, 0.25) is 0 Å². The number of halogens is 8. The Labute approximate surface area is 157 Å². The summed E-state index contributed by atoms with van der Waals surface area (Å²) in [6.07, 6.45) is 0. The summed E-state index contributed by atoms with van der Waals surface area (Å²) in [7, 11) is 0. The van der Waals surface area contributed by atoms with E-state index in [1.165, 1.54) is 0 Å². The van der Waals surface area contributed by atoms with Crippen LogP contribution in [0, 0.1) is 0 Å². The van der Waals surface area contributed by atoms with Crippen LogP contribution in [0.5, 0.6) is 0 Å². The van der Waals surface area contributed by atoms with Crippen LogP contribution in [0.15, 0.2) is 0 Å². The molecule has 4 nitrogen and oxygen atoms in total. The standard InChI is InChI=1S/C4H2F8O4S2.2Na/c5-1(6,3(9,10)17-16-13)2(7,8)4(11,12)18(14)15;;/h13H,(H,14,15);;/q;2*+1/p-2. The molecule has 0 rings (SSSR count). The van der Waals surface area contributed by atoms with E-state index in [0.29, 0.717) is 0 Å². The molecular formula is C4F8Na2O4S2. The number of hydrogen-bond donors (Lipinski definition) is 0. The molecule has 0 bridgehead atoms. The number of rotatable bonds is 6. The predicted octanol–water partition coefficient (Wildman–Crippen LogP) is -4.73. The minimum atomic E-state index is -6.97. The van der Waals surface area contributed by atoms with E-state index in [9.17, 15) is 49.1 Å². The van der Waals surface area contributed by atoms with E-state index in [1.807, 2.05) is 0 Å². The fourth-order valence-electron chi connectivity index (χ4n) is 0.565. The quantitative estimate of drug-likeness (QED) is 0.117. The van der Waals surface area contributed by atoms with Crippen molar-refractivity contribution < 1.29 is 113 Å². The molecular weight excluding hydrogens is 374 g/mol. The summed E-state index contributed by atoms with van der Waals surface area (Å²) >= 11 is -7.16. The molecule has 110 valence electrons. The zero-order valence-electron chi connectivity index (χ0n) is 9.47. The largest absolute Gasteiger partial charge is 1.00 e. The van der Waals surface area contributed by atoms with Crippen molar-refractivity contribution in [1.29, 1.82) is 0 Å². The molecule has 0 amide bonds. The van der Waals surface area contributed by atoms with Crippen molar-refractivity contribution in [3.63, 3.8) is 0 Å². The number of alkyl halides is 8. The maximum Gasteiger partial charge on any atom is 1.00 e. The Morgan fingerprint density at radius 2 is 1.25 bits per heavy atom. The molecule has 1 atom stereocenters. The van der Waals surface area contributed by atoms with Crippen molar-refractivity contribution in [2.75, 3.05) is 0 Å². The van der Waals surface area contributed by atoms with E-state index in [2.05, 4.69) is 4.33 Å². The summed E-state index contributed by atoms with van der Waals surface area (Å²) in [6, 6.07) is 0. The van der Waals surface area contributed by atoms with Gasteiger partial charge in [-0.1, -0.05) is 0 Å². The van der Waals surface area contributed by atoms with Gasteiger partial charge in [0.05, 0.1) is 12.0 Å². The van der Waals surface area contributed by atoms with Gasteiger partial charge in [-0.15, -0.1) is 0 Å². The van der Waals surface area contributed by atoms with Gasteiger partial charge in [0, 0.05) is 11.1 Å². The first-order chi connectivity index (χ1) is 7.75. The molecule has 0 radical (unpaired) electrons. The zero-order chi connectivity index (χ0) is 15.0. The van der Waals surface area contributed by atoms with Gasteiger partial charge in [0.1, 0.15) is 0 Å². The Kier molecular flexibility index (Phi) is 11.5. The molecule has 0 aliphatic heterocycles. The van der Waals surface area contributed by atoms with E-state index < -0.39 is 45.5 Å². The van der Waals surface area contributed by atoms with E-state index in [0.717, 1.165) is 0 Å². The van der Waals surface area contributed by atoms with Crippen LogP contribution in [0.3, 0.4) is 0 Å². The summed E-state index contributed by atoms with van der Waals surface area (Å²) in [5.74, 6) is -13.8. The second-order valence-electron chi connectivity index (χ2n) is 2.57. The Morgan fingerprint density at radius 3 is 1.50 bits per heavy atom. The fraction of sp³-hybridized carbons (Fsp3) is 1.00. The summed E-state index contributed by atoms with van der Waals surface area (Å²) in [6.45, 7) is 0. The molecule has 0 fully saturated rings. The van der Waals surface area contributed by atoms with Crippen LogP contribution in [0.1, 0.15) is 0 Å². The SMILES string of the molecule is O=S([O-])C(F)(F)C(F)(F)C(F)(F)C(F)(F)SO[O-].[Na+].[Na+]. The monoisotopic (exact) mass is 374 g/mol. The first-order valence-corrected chi connectivity index (χ1v) is 5.15. The van der Waals surface area contributed by atoms with Crippen molar-refractivity contribution in [1.82, 2.24) is 0 Å². The van der Waals surface area contributed by atoms with Gasteiger partial charge < -0.3 is 14.1 Å². The Balaban J connectivity index is -0.00000144. The van der Waals surface area contributed by atoms with E-state index in [-0.39, 0.29) is 59.1 Å². The molecule has 0 aromatic rings. The third kappa shape index (κ3) is 4.66. The Hall–Kier alpha value is 1.82. The van der Waals surface area contributed by atoms with Crippen LogP contribution in [0.4, 0.5) is 35.1 Å². The summed E-state index contributed by atoms with van der Waals surface area (Å²) < 4.78 is 121. The summed E-state index contributed by atoms with van der Waals surface area (Å²) in [5, 5.41) is -3.37. The van der Waals surface area contributed by atoms with Crippen LogP contribution in [0.2, 0.25) is 0 Å². The minimum absolute atomic E-state index is 0. The van der Waals surface area contributed by atoms with Gasteiger partial charge in [0.15, 0.2) is 0 Å². The number of hydrogen-bond acceptors (Lipinski definition) is 5. The van der Waals surface area contributed by atoms with Crippen molar-refractivity contribution in [2.24, 2.45) is 0 Å². The average molecular weight is 374 g/mol. The zero-order valence-corrected chi connectivity index (χ0v) is 15.1. The third-order valence-electron chi connectivity index (χ3n) is 1.47. The molecule has 0 saturated carbocycles. The van der Waals surface area contributed by atoms with Gasteiger partial charge in [-0.25, -0.2) is 0 Å². The summed E-state index contributed by atoms with van der Waals surface area (Å²) in [4.78, 5) is 0. The predicted molar refractivity (Wildman–Crippen MR) is 37.4 cm³/mol. The molecule has 0 spiro atoms.